The molecule has 20 heavy (non-hydrogen) atoms. The highest BCUT2D eigenvalue weighted by Crippen LogP contribution is 2.08. The molecule has 0 saturated carbocycles. The Hall–Kier alpha value is -2.08. The molecule has 106 valence electrons. The molecule has 0 aromatic heterocycles. The second-order valence-electron chi connectivity index (χ2n) is 4.72. The molecular weight excluding hydrogens is 263 g/mol. The maximum absolute atomic E-state index is 12.7. The van der Waals surface area contributed by atoms with Crippen LogP contribution in [0.15, 0.2) is 24.3 Å². The van der Waals surface area contributed by atoms with E-state index < -0.39 is 0 Å². The van der Waals surface area contributed by atoms with Gasteiger partial charge in [0.05, 0.1) is 13.1 Å². The summed E-state index contributed by atoms with van der Waals surface area (Å²) in [5.74, 6) is -1.07. The van der Waals surface area contributed by atoms with Gasteiger partial charge in [-0.2, -0.15) is 0 Å². The zero-order valence-electron chi connectivity index (χ0n) is 10.9. The molecule has 0 radical (unpaired) electrons. The molecule has 1 N–H and O–H groups in total. The van der Waals surface area contributed by atoms with Crippen LogP contribution >= 0.6 is 0 Å². The number of imide groups is 1. The minimum Gasteiger partial charge on any atom is -0.294 e. The molecule has 5 nitrogen and oxygen atoms in total. The van der Waals surface area contributed by atoms with E-state index >= 15 is 0 Å². The summed E-state index contributed by atoms with van der Waals surface area (Å²) in [6.45, 7) is 0.860. The molecule has 1 fully saturated rings. The third-order valence-corrected chi connectivity index (χ3v) is 3.06. The Morgan fingerprint density at radius 3 is 2.35 bits per heavy atom. The van der Waals surface area contributed by atoms with E-state index in [1.165, 1.54) is 24.3 Å². The number of rotatable bonds is 5. The van der Waals surface area contributed by atoms with Crippen molar-refractivity contribution in [1.82, 2.24) is 10.2 Å². The Morgan fingerprint density at radius 2 is 1.75 bits per heavy atom. The average Bonchev–Trinajstić information content (AvgIpc) is 2.38. The van der Waals surface area contributed by atoms with E-state index in [9.17, 15) is 18.8 Å². The quantitative estimate of drug-likeness (QED) is 0.637. The normalized spacial score (nSPS) is 16.1. The zero-order valence-corrected chi connectivity index (χ0v) is 10.9. The van der Waals surface area contributed by atoms with Crippen LogP contribution in [-0.2, 0) is 9.59 Å². The van der Waals surface area contributed by atoms with E-state index in [-0.39, 0.29) is 36.5 Å². The number of amides is 2. The molecule has 1 aliphatic heterocycles. The van der Waals surface area contributed by atoms with Crippen molar-refractivity contribution in [2.45, 2.75) is 12.8 Å². The monoisotopic (exact) mass is 278 g/mol. The van der Waals surface area contributed by atoms with Gasteiger partial charge in [-0.05, 0) is 37.2 Å². The van der Waals surface area contributed by atoms with Crippen molar-refractivity contribution in [3.63, 3.8) is 0 Å². The highest BCUT2D eigenvalue weighted by molar-refractivity contribution is 5.99. The Kier molecular flexibility index (Phi) is 4.57. The summed E-state index contributed by atoms with van der Waals surface area (Å²) >= 11 is 0. The standard InChI is InChI=1S/C14H15FN2O3/c15-11-5-3-10(4-6-11)12(18)2-1-7-17-8-13(19)16-14(20)9-17/h3-6H,1-2,7-9H2,(H,16,19,20). The summed E-state index contributed by atoms with van der Waals surface area (Å²) in [6, 6.07) is 5.41. The van der Waals surface area contributed by atoms with Crippen molar-refractivity contribution >= 4 is 17.6 Å². The van der Waals surface area contributed by atoms with Gasteiger partial charge in [0, 0.05) is 12.0 Å². The van der Waals surface area contributed by atoms with E-state index in [4.69, 9.17) is 0 Å². The highest BCUT2D eigenvalue weighted by atomic mass is 19.1. The van der Waals surface area contributed by atoms with E-state index in [0.29, 0.717) is 24.9 Å². The zero-order chi connectivity index (χ0) is 14.5. The number of benzene rings is 1. The number of nitrogens with zero attached hydrogens (tertiary/aromatic N) is 1. The van der Waals surface area contributed by atoms with Crippen molar-refractivity contribution in [3.8, 4) is 0 Å². The number of carbonyl (C=O) groups is 3. The summed E-state index contributed by atoms with van der Waals surface area (Å²) < 4.78 is 12.7. The van der Waals surface area contributed by atoms with Crippen molar-refractivity contribution in [2.24, 2.45) is 0 Å². The molecule has 1 aromatic carbocycles. The number of carbonyl (C=O) groups excluding carboxylic acids is 3. The van der Waals surface area contributed by atoms with Crippen LogP contribution in [0.4, 0.5) is 4.39 Å². The smallest absolute Gasteiger partial charge is 0.240 e. The third kappa shape index (κ3) is 3.96. The van der Waals surface area contributed by atoms with Crippen LogP contribution in [0.5, 0.6) is 0 Å². The van der Waals surface area contributed by atoms with Crippen molar-refractivity contribution in [1.29, 1.82) is 0 Å². The number of ketones is 1. The highest BCUT2D eigenvalue weighted by Gasteiger charge is 2.21. The van der Waals surface area contributed by atoms with Gasteiger partial charge >= 0.3 is 0 Å². The fraction of sp³-hybridized carbons (Fsp3) is 0.357. The first-order valence-electron chi connectivity index (χ1n) is 6.38. The SMILES string of the molecule is O=C1CN(CCCC(=O)c2ccc(F)cc2)CC(=O)N1. The average molecular weight is 278 g/mol. The van der Waals surface area contributed by atoms with Crippen LogP contribution in [0.3, 0.4) is 0 Å². The van der Waals surface area contributed by atoms with Gasteiger partial charge in [-0.1, -0.05) is 0 Å². The molecule has 6 heteroatoms. The molecule has 0 atom stereocenters. The molecule has 0 spiro atoms. The largest absolute Gasteiger partial charge is 0.294 e. The molecule has 0 unspecified atom stereocenters. The topological polar surface area (TPSA) is 66.5 Å². The first kappa shape index (κ1) is 14.3. The Bertz CT molecular complexity index is 512. The van der Waals surface area contributed by atoms with Gasteiger partial charge in [0.2, 0.25) is 11.8 Å². The molecule has 1 heterocycles. The fourth-order valence-corrected chi connectivity index (χ4v) is 2.10. The van der Waals surface area contributed by atoms with Gasteiger partial charge in [-0.15, -0.1) is 0 Å². The van der Waals surface area contributed by atoms with Gasteiger partial charge in [0.25, 0.3) is 0 Å². The van der Waals surface area contributed by atoms with Gasteiger partial charge in [0.15, 0.2) is 5.78 Å². The first-order valence-corrected chi connectivity index (χ1v) is 6.38. The number of halogens is 1. The van der Waals surface area contributed by atoms with Crippen LogP contribution in [0.2, 0.25) is 0 Å². The molecule has 0 bridgehead atoms. The molecule has 1 aromatic rings. The fourth-order valence-electron chi connectivity index (χ4n) is 2.10. The maximum atomic E-state index is 12.7. The Balaban J connectivity index is 1.78. The summed E-state index contributed by atoms with van der Waals surface area (Å²) in [4.78, 5) is 35.9. The van der Waals surface area contributed by atoms with Crippen LogP contribution in [0.1, 0.15) is 23.2 Å². The minimum atomic E-state index is -0.376. The molecule has 1 saturated heterocycles. The van der Waals surface area contributed by atoms with Gasteiger partial charge < -0.3 is 0 Å². The second-order valence-corrected chi connectivity index (χ2v) is 4.72. The molecule has 1 aliphatic rings. The number of nitrogens with one attached hydrogen (secondary N) is 1. The van der Waals surface area contributed by atoms with Gasteiger partial charge in [-0.25, -0.2) is 4.39 Å². The van der Waals surface area contributed by atoms with Crippen LogP contribution < -0.4 is 5.32 Å². The molecule has 0 aliphatic carbocycles. The van der Waals surface area contributed by atoms with E-state index in [2.05, 4.69) is 5.32 Å². The number of hydrogen-bond donors (Lipinski definition) is 1. The molecular formula is C14H15FN2O3. The van der Waals surface area contributed by atoms with Crippen LogP contribution in [0, 0.1) is 5.82 Å². The lowest BCUT2D eigenvalue weighted by molar-refractivity contribution is -0.136. The van der Waals surface area contributed by atoms with Crippen LogP contribution in [-0.4, -0.2) is 42.1 Å². The number of hydrogen-bond acceptors (Lipinski definition) is 4. The predicted octanol–water partition coefficient (Wildman–Crippen LogP) is 0.747. The second kappa shape index (κ2) is 6.38. The van der Waals surface area contributed by atoms with Crippen molar-refractivity contribution in [2.75, 3.05) is 19.6 Å². The lowest BCUT2D eigenvalue weighted by atomic mass is 10.1. The van der Waals surface area contributed by atoms with Gasteiger partial charge in [0.1, 0.15) is 5.82 Å². The maximum Gasteiger partial charge on any atom is 0.240 e. The van der Waals surface area contributed by atoms with E-state index in [1.54, 1.807) is 4.90 Å². The predicted molar refractivity (Wildman–Crippen MR) is 69.6 cm³/mol. The molecule has 2 amide bonds. The summed E-state index contributed by atoms with van der Waals surface area (Å²) in [5.41, 5.74) is 0.471. The lowest BCUT2D eigenvalue weighted by Crippen LogP contribution is -2.51. The van der Waals surface area contributed by atoms with E-state index in [0.717, 1.165) is 0 Å². The Labute approximate surface area is 115 Å². The first-order chi connectivity index (χ1) is 9.54. The number of piperazine rings is 1. The molecule has 2 rings (SSSR count). The Morgan fingerprint density at radius 1 is 1.15 bits per heavy atom. The minimum absolute atomic E-state index is 0.0715. The van der Waals surface area contributed by atoms with Crippen molar-refractivity contribution in [3.05, 3.63) is 35.6 Å². The number of Topliss-reactive ketones (excluding diaryl/α,β-unsaturated/α-hetero) is 1. The summed E-state index contributed by atoms with van der Waals surface area (Å²) in [5, 5.41) is 2.22. The third-order valence-electron chi connectivity index (χ3n) is 3.06. The lowest BCUT2D eigenvalue weighted by Gasteiger charge is -2.24. The summed E-state index contributed by atoms with van der Waals surface area (Å²) in [7, 11) is 0. The van der Waals surface area contributed by atoms with Crippen molar-refractivity contribution < 1.29 is 18.8 Å². The van der Waals surface area contributed by atoms with Gasteiger partial charge in [-0.3, -0.25) is 24.6 Å². The van der Waals surface area contributed by atoms with E-state index in [1.807, 2.05) is 0 Å². The summed E-state index contributed by atoms with van der Waals surface area (Å²) in [6.07, 6.45) is 0.856. The van der Waals surface area contributed by atoms with Crippen LogP contribution in [0.25, 0.3) is 0 Å².